The zero-order valence-corrected chi connectivity index (χ0v) is 11.7. The lowest BCUT2D eigenvalue weighted by molar-refractivity contribution is 0.135. The third kappa shape index (κ3) is 3.23. The van der Waals surface area contributed by atoms with Crippen LogP contribution in [0.4, 0.5) is 0 Å². The number of likely N-dealkylation sites (N-methyl/N-ethyl adjacent to an activating group) is 1. The third-order valence-corrected chi connectivity index (χ3v) is 4.28. The van der Waals surface area contributed by atoms with Crippen LogP contribution in [0.15, 0.2) is 12.3 Å². The summed E-state index contributed by atoms with van der Waals surface area (Å²) in [4.78, 5) is 7.22. The first-order valence-corrected chi connectivity index (χ1v) is 6.84. The molecule has 2 fully saturated rings. The maximum absolute atomic E-state index is 4.11. The van der Waals surface area contributed by atoms with Gasteiger partial charge in [0.25, 0.3) is 0 Å². The van der Waals surface area contributed by atoms with Gasteiger partial charge < -0.3 is 9.80 Å². The Morgan fingerprint density at radius 2 is 1.88 bits per heavy atom. The Morgan fingerprint density at radius 3 is 2.35 bits per heavy atom. The van der Waals surface area contributed by atoms with Crippen molar-refractivity contribution in [2.45, 2.75) is 31.7 Å². The Balaban J connectivity index is 1.77. The molecule has 0 aromatic rings. The minimum Gasteiger partial charge on any atom is -0.364 e. The third-order valence-electron chi connectivity index (χ3n) is 4.28. The molecule has 0 aromatic heterocycles. The lowest BCUT2D eigenvalue weighted by Gasteiger charge is -2.35. The second-order valence-corrected chi connectivity index (χ2v) is 6.09. The molecule has 1 saturated heterocycles. The maximum Gasteiger partial charge on any atom is 0.0706 e. The molecule has 3 nitrogen and oxygen atoms in total. The summed E-state index contributed by atoms with van der Waals surface area (Å²) in [6.07, 6.45) is 5.55. The van der Waals surface area contributed by atoms with E-state index in [1.54, 1.807) is 0 Å². The Hall–Kier alpha value is -0.540. The van der Waals surface area contributed by atoms with E-state index in [1.807, 2.05) is 0 Å². The molecule has 0 atom stereocenters. The predicted molar refractivity (Wildman–Crippen MR) is 72.8 cm³/mol. The van der Waals surface area contributed by atoms with Gasteiger partial charge in [0.15, 0.2) is 0 Å². The molecule has 3 heteroatoms. The molecule has 1 saturated carbocycles. The van der Waals surface area contributed by atoms with Crippen LogP contribution in [0.25, 0.3) is 0 Å². The quantitative estimate of drug-likeness (QED) is 0.741. The number of nitrogens with zero attached hydrogens (tertiary/aromatic N) is 3. The van der Waals surface area contributed by atoms with Crippen LogP contribution in [0.1, 0.15) is 25.7 Å². The van der Waals surface area contributed by atoms with Gasteiger partial charge in [-0.05, 0) is 45.7 Å². The number of hydrogen-bond acceptors (Lipinski definition) is 3. The molecule has 0 spiro atoms. The number of hydrogen-bond donors (Lipinski definition) is 0. The first-order valence-electron chi connectivity index (χ1n) is 6.84. The molecule has 0 bridgehead atoms. The first kappa shape index (κ1) is 12.9. The molecule has 0 amide bonds. The van der Waals surface area contributed by atoms with Crippen molar-refractivity contribution in [1.29, 1.82) is 0 Å². The smallest absolute Gasteiger partial charge is 0.0706 e. The molecule has 17 heavy (non-hydrogen) atoms. The molecule has 1 heterocycles. The van der Waals surface area contributed by atoms with E-state index in [-0.39, 0.29) is 0 Å². The van der Waals surface area contributed by atoms with Gasteiger partial charge in [-0.3, -0.25) is 4.90 Å². The van der Waals surface area contributed by atoms with Gasteiger partial charge in [0.1, 0.15) is 0 Å². The topological polar surface area (TPSA) is 9.72 Å². The molecule has 1 aliphatic carbocycles. The zero-order valence-electron chi connectivity index (χ0n) is 11.7. The fourth-order valence-electron chi connectivity index (χ4n) is 3.23. The summed E-state index contributed by atoms with van der Waals surface area (Å²) in [5.41, 5.74) is 1.28. The van der Waals surface area contributed by atoms with E-state index in [0.29, 0.717) is 0 Å². The molecule has 98 valence electrons. The van der Waals surface area contributed by atoms with Gasteiger partial charge in [-0.1, -0.05) is 6.58 Å². The summed E-state index contributed by atoms with van der Waals surface area (Å²) in [6, 6.07) is 0.801. The minimum atomic E-state index is 0.801. The van der Waals surface area contributed by atoms with E-state index >= 15 is 0 Å². The molecule has 2 rings (SSSR count). The standard InChI is InChI=1S/C14H27N3/c1-12-9-17(11-16(12)4)14-7-5-13(6-8-14)10-15(2)3/h13-14H,1,5-11H2,2-4H3. The minimum absolute atomic E-state index is 0.801. The Morgan fingerprint density at radius 1 is 1.24 bits per heavy atom. The molecule has 0 aromatic carbocycles. The summed E-state index contributed by atoms with van der Waals surface area (Å²) in [5, 5.41) is 0. The fraction of sp³-hybridized carbons (Fsp3) is 0.857. The van der Waals surface area contributed by atoms with Crippen LogP contribution in [0.2, 0.25) is 0 Å². The second kappa shape index (κ2) is 5.40. The summed E-state index contributed by atoms with van der Waals surface area (Å²) >= 11 is 0. The predicted octanol–water partition coefficient (Wildman–Crippen LogP) is 1.83. The fourth-order valence-corrected chi connectivity index (χ4v) is 3.23. The summed E-state index contributed by atoms with van der Waals surface area (Å²) in [7, 11) is 6.52. The normalized spacial score (nSPS) is 31.5. The molecule has 2 aliphatic rings. The summed E-state index contributed by atoms with van der Waals surface area (Å²) in [6.45, 7) is 7.54. The van der Waals surface area contributed by atoms with Gasteiger partial charge in [-0.25, -0.2) is 0 Å². The van der Waals surface area contributed by atoms with Crippen molar-refractivity contribution >= 4 is 0 Å². The van der Waals surface area contributed by atoms with E-state index < -0.39 is 0 Å². The van der Waals surface area contributed by atoms with Crippen molar-refractivity contribution in [3.8, 4) is 0 Å². The van der Waals surface area contributed by atoms with E-state index in [0.717, 1.165) is 25.2 Å². The highest BCUT2D eigenvalue weighted by molar-refractivity contribution is 5.02. The Kier molecular flexibility index (Phi) is 4.10. The van der Waals surface area contributed by atoms with Gasteiger partial charge in [-0.15, -0.1) is 0 Å². The van der Waals surface area contributed by atoms with E-state index in [4.69, 9.17) is 0 Å². The second-order valence-electron chi connectivity index (χ2n) is 6.09. The molecular formula is C14H27N3. The lowest BCUT2D eigenvalue weighted by atomic mass is 9.85. The molecule has 0 radical (unpaired) electrons. The largest absolute Gasteiger partial charge is 0.364 e. The van der Waals surface area contributed by atoms with Crippen LogP contribution < -0.4 is 0 Å². The van der Waals surface area contributed by atoms with Gasteiger partial charge >= 0.3 is 0 Å². The van der Waals surface area contributed by atoms with Gasteiger partial charge in [-0.2, -0.15) is 0 Å². The average molecular weight is 237 g/mol. The molecule has 0 unspecified atom stereocenters. The SMILES string of the molecule is C=C1CN(C2CCC(CN(C)C)CC2)CN1C. The average Bonchev–Trinajstić information content (AvgIpc) is 2.59. The van der Waals surface area contributed by atoms with E-state index in [1.165, 1.54) is 37.9 Å². The highest BCUT2D eigenvalue weighted by atomic mass is 15.4. The van der Waals surface area contributed by atoms with Crippen LogP contribution in [0.5, 0.6) is 0 Å². The molecule has 0 N–H and O–H groups in total. The monoisotopic (exact) mass is 237 g/mol. The van der Waals surface area contributed by atoms with Crippen molar-refractivity contribution in [1.82, 2.24) is 14.7 Å². The van der Waals surface area contributed by atoms with Crippen molar-refractivity contribution in [3.63, 3.8) is 0 Å². The van der Waals surface area contributed by atoms with E-state index in [9.17, 15) is 0 Å². The maximum atomic E-state index is 4.11. The van der Waals surface area contributed by atoms with Crippen LogP contribution in [-0.4, -0.2) is 61.6 Å². The molecule has 1 aliphatic heterocycles. The van der Waals surface area contributed by atoms with Crippen LogP contribution in [0, 0.1) is 5.92 Å². The highest BCUT2D eigenvalue weighted by Crippen LogP contribution is 2.30. The van der Waals surface area contributed by atoms with Gasteiger partial charge in [0.05, 0.1) is 6.67 Å². The van der Waals surface area contributed by atoms with Crippen molar-refractivity contribution in [2.24, 2.45) is 5.92 Å². The molecular weight excluding hydrogens is 210 g/mol. The van der Waals surface area contributed by atoms with Crippen LogP contribution >= 0.6 is 0 Å². The Bertz CT molecular complexity index is 267. The summed E-state index contributed by atoms with van der Waals surface area (Å²) < 4.78 is 0. The van der Waals surface area contributed by atoms with Crippen molar-refractivity contribution in [2.75, 3.05) is 40.9 Å². The summed E-state index contributed by atoms with van der Waals surface area (Å²) in [5.74, 6) is 0.921. The van der Waals surface area contributed by atoms with E-state index in [2.05, 4.69) is 42.4 Å². The number of rotatable bonds is 3. The lowest BCUT2D eigenvalue weighted by Crippen LogP contribution is -2.38. The van der Waals surface area contributed by atoms with Gasteiger partial charge in [0.2, 0.25) is 0 Å². The zero-order chi connectivity index (χ0) is 12.4. The van der Waals surface area contributed by atoms with Crippen LogP contribution in [-0.2, 0) is 0 Å². The highest BCUT2D eigenvalue weighted by Gasteiger charge is 2.30. The Labute approximate surface area is 106 Å². The first-order chi connectivity index (χ1) is 8.06. The van der Waals surface area contributed by atoms with Crippen molar-refractivity contribution in [3.05, 3.63) is 12.3 Å². The van der Waals surface area contributed by atoms with Gasteiger partial charge in [0, 0.05) is 31.9 Å². The van der Waals surface area contributed by atoms with Crippen molar-refractivity contribution < 1.29 is 0 Å². The van der Waals surface area contributed by atoms with Crippen LogP contribution in [0.3, 0.4) is 0 Å².